The highest BCUT2D eigenvalue weighted by atomic mass is 16.6. The maximum absolute atomic E-state index is 13.2. The minimum absolute atomic E-state index is 0.00169. The van der Waals surface area contributed by atoms with Crippen LogP contribution in [0.4, 0.5) is 17.1 Å². The third-order valence-corrected chi connectivity index (χ3v) is 6.19. The van der Waals surface area contributed by atoms with Crippen LogP contribution in [-0.4, -0.2) is 56.8 Å². The Morgan fingerprint density at radius 3 is 2.77 bits per heavy atom. The average Bonchev–Trinajstić information content (AvgIpc) is 2.81. The quantitative estimate of drug-likeness (QED) is 0.418. The van der Waals surface area contributed by atoms with Gasteiger partial charge in [0.25, 0.3) is 5.69 Å². The molecule has 4 rings (SSSR count). The predicted octanol–water partition coefficient (Wildman–Crippen LogP) is 2.62. The molecule has 0 saturated carbocycles. The summed E-state index contributed by atoms with van der Waals surface area (Å²) < 4.78 is 5.07. The molecular weight excluding hydrogens is 396 g/mol. The molecule has 0 unspecified atom stereocenters. The van der Waals surface area contributed by atoms with Gasteiger partial charge in [-0.2, -0.15) is 0 Å². The molecule has 31 heavy (non-hydrogen) atoms. The number of non-ortho nitro benzene ring substituents is 1. The van der Waals surface area contributed by atoms with Crippen molar-refractivity contribution >= 4 is 23.0 Å². The number of nitro groups is 1. The predicted molar refractivity (Wildman–Crippen MR) is 120 cm³/mol. The van der Waals surface area contributed by atoms with Crippen LogP contribution in [-0.2, 0) is 16.0 Å². The maximum atomic E-state index is 13.2. The molecule has 1 amide bonds. The van der Waals surface area contributed by atoms with E-state index in [4.69, 9.17) is 4.74 Å². The van der Waals surface area contributed by atoms with Gasteiger partial charge in [-0.25, -0.2) is 0 Å². The number of anilines is 2. The SMILES string of the molecule is COCCCNC(=O)[C@H]1Cc2cc([N+](=O)[O-])ccc2N2CCN(c3ccccc3)C[C@H]12. The minimum Gasteiger partial charge on any atom is -0.385 e. The molecule has 2 heterocycles. The summed E-state index contributed by atoms with van der Waals surface area (Å²) in [4.78, 5) is 28.7. The first kappa shape index (κ1) is 21.1. The number of carbonyl (C=O) groups excluding carboxylic acids is 1. The molecular formula is C23H28N4O4. The summed E-state index contributed by atoms with van der Waals surface area (Å²) in [6.07, 6.45) is 1.25. The van der Waals surface area contributed by atoms with Gasteiger partial charge < -0.3 is 19.9 Å². The van der Waals surface area contributed by atoms with Crippen molar-refractivity contribution in [3.63, 3.8) is 0 Å². The van der Waals surface area contributed by atoms with Crippen LogP contribution in [0.25, 0.3) is 0 Å². The first-order valence-corrected chi connectivity index (χ1v) is 10.7. The molecule has 2 aromatic carbocycles. The van der Waals surface area contributed by atoms with E-state index in [1.165, 1.54) is 0 Å². The molecule has 2 aliphatic heterocycles. The van der Waals surface area contributed by atoms with Gasteiger partial charge >= 0.3 is 0 Å². The molecule has 2 atom stereocenters. The molecule has 2 aromatic rings. The highest BCUT2D eigenvalue weighted by Gasteiger charge is 2.42. The minimum atomic E-state index is -0.375. The van der Waals surface area contributed by atoms with Crippen LogP contribution in [0.1, 0.15) is 12.0 Å². The van der Waals surface area contributed by atoms with Crippen LogP contribution in [0.15, 0.2) is 48.5 Å². The van der Waals surface area contributed by atoms with Crippen molar-refractivity contribution < 1.29 is 14.5 Å². The summed E-state index contributed by atoms with van der Waals surface area (Å²) in [6, 6.07) is 15.3. The Kier molecular flexibility index (Phi) is 6.36. The van der Waals surface area contributed by atoms with Gasteiger partial charge in [-0.15, -0.1) is 0 Å². The number of fused-ring (bicyclic) bond motifs is 3. The number of ether oxygens (including phenoxy) is 1. The molecule has 1 fully saturated rings. The topological polar surface area (TPSA) is 87.9 Å². The lowest BCUT2D eigenvalue weighted by Crippen LogP contribution is -2.61. The van der Waals surface area contributed by atoms with Gasteiger partial charge in [0, 0.05) is 63.4 Å². The van der Waals surface area contributed by atoms with E-state index < -0.39 is 0 Å². The second kappa shape index (κ2) is 9.34. The second-order valence-electron chi connectivity index (χ2n) is 8.06. The fourth-order valence-corrected chi connectivity index (χ4v) is 4.66. The molecule has 2 aliphatic rings. The fraction of sp³-hybridized carbons (Fsp3) is 0.435. The van der Waals surface area contributed by atoms with E-state index in [2.05, 4.69) is 27.2 Å². The third-order valence-electron chi connectivity index (χ3n) is 6.19. The van der Waals surface area contributed by atoms with Crippen LogP contribution >= 0.6 is 0 Å². The number of rotatable bonds is 7. The summed E-state index contributed by atoms with van der Waals surface area (Å²) in [6.45, 7) is 3.48. The Balaban J connectivity index is 1.60. The Morgan fingerprint density at radius 2 is 2.03 bits per heavy atom. The molecule has 8 nitrogen and oxygen atoms in total. The van der Waals surface area contributed by atoms with Crippen LogP contribution in [0, 0.1) is 16.0 Å². The zero-order valence-corrected chi connectivity index (χ0v) is 17.7. The van der Waals surface area contributed by atoms with Gasteiger partial charge in [0.2, 0.25) is 5.91 Å². The highest BCUT2D eigenvalue weighted by Crippen LogP contribution is 2.38. The molecule has 1 N–H and O–H groups in total. The van der Waals surface area contributed by atoms with E-state index in [-0.39, 0.29) is 28.5 Å². The number of methoxy groups -OCH3 is 1. The second-order valence-corrected chi connectivity index (χ2v) is 8.06. The number of benzene rings is 2. The number of nitrogens with one attached hydrogen (secondary N) is 1. The molecule has 0 spiro atoms. The van der Waals surface area contributed by atoms with Crippen LogP contribution in [0.3, 0.4) is 0 Å². The normalized spacial score (nSPS) is 20.0. The van der Waals surface area contributed by atoms with Gasteiger partial charge in [0.05, 0.1) is 16.9 Å². The Labute approximate surface area is 181 Å². The van der Waals surface area contributed by atoms with E-state index >= 15 is 0 Å². The number of piperazine rings is 1. The van der Waals surface area contributed by atoms with Crippen molar-refractivity contribution in [1.82, 2.24) is 5.32 Å². The van der Waals surface area contributed by atoms with Crippen molar-refractivity contribution in [3.05, 3.63) is 64.2 Å². The molecule has 0 aliphatic carbocycles. The van der Waals surface area contributed by atoms with Crippen molar-refractivity contribution in [1.29, 1.82) is 0 Å². The van der Waals surface area contributed by atoms with Gasteiger partial charge in [-0.1, -0.05) is 18.2 Å². The Morgan fingerprint density at radius 1 is 1.23 bits per heavy atom. The zero-order valence-electron chi connectivity index (χ0n) is 17.7. The summed E-state index contributed by atoms with van der Waals surface area (Å²) in [5.41, 5.74) is 3.10. The lowest BCUT2D eigenvalue weighted by Gasteiger charge is -2.49. The molecule has 0 bridgehead atoms. The van der Waals surface area contributed by atoms with E-state index in [9.17, 15) is 14.9 Å². The average molecular weight is 425 g/mol. The molecule has 0 radical (unpaired) electrons. The molecule has 164 valence electrons. The van der Waals surface area contributed by atoms with Crippen molar-refractivity contribution in [3.8, 4) is 0 Å². The lowest BCUT2D eigenvalue weighted by atomic mass is 9.83. The van der Waals surface area contributed by atoms with Crippen LogP contribution in [0.5, 0.6) is 0 Å². The molecule has 1 saturated heterocycles. The number of hydrogen-bond donors (Lipinski definition) is 1. The van der Waals surface area contributed by atoms with Crippen molar-refractivity contribution in [2.24, 2.45) is 5.92 Å². The maximum Gasteiger partial charge on any atom is 0.269 e. The number of nitrogens with zero attached hydrogens (tertiary/aromatic N) is 3. The number of amides is 1. The summed E-state index contributed by atoms with van der Waals surface area (Å²) in [5, 5.41) is 14.3. The van der Waals surface area contributed by atoms with Gasteiger partial charge in [0.1, 0.15) is 0 Å². The van der Waals surface area contributed by atoms with Crippen molar-refractivity contribution in [2.45, 2.75) is 18.9 Å². The first-order chi connectivity index (χ1) is 15.1. The number of para-hydroxylation sites is 1. The van der Waals surface area contributed by atoms with E-state index in [1.807, 2.05) is 24.3 Å². The zero-order chi connectivity index (χ0) is 21.8. The number of hydrogen-bond acceptors (Lipinski definition) is 6. The number of carbonyl (C=O) groups is 1. The van der Waals surface area contributed by atoms with E-state index in [0.29, 0.717) is 19.6 Å². The third kappa shape index (κ3) is 4.49. The first-order valence-electron chi connectivity index (χ1n) is 10.7. The molecule has 8 heteroatoms. The Bertz CT molecular complexity index is 936. The lowest BCUT2D eigenvalue weighted by molar-refractivity contribution is -0.384. The standard InChI is InChI=1S/C23H28N4O4/c1-31-13-5-10-24-23(28)20-15-17-14-19(27(29)30)8-9-21(17)26-12-11-25(16-22(20)26)18-6-3-2-4-7-18/h2-4,6-9,14,20,22H,5,10-13,15-16H2,1H3,(H,24,28)/t20-,22+/m0/s1. The van der Waals surface area contributed by atoms with Gasteiger partial charge in [-0.05, 0) is 36.6 Å². The summed E-state index contributed by atoms with van der Waals surface area (Å²) in [5.74, 6) is -0.276. The van der Waals surface area contributed by atoms with E-state index in [0.717, 1.165) is 43.0 Å². The monoisotopic (exact) mass is 424 g/mol. The van der Waals surface area contributed by atoms with Crippen LogP contribution in [0.2, 0.25) is 0 Å². The number of nitro benzene ring substituents is 1. The van der Waals surface area contributed by atoms with Crippen LogP contribution < -0.4 is 15.1 Å². The van der Waals surface area contributed by atoms with Gasteiger partial charge in [0.15, 0.2) is 0 Å². The molecule has 0 aromatic heterocycles. The smallest absolute Gasteiger partial charge is 0.269 e. The largest absolute Gasteiger partial charge is 0.385 e. The summed E-state index contributed by atoms with van der Waals surface area (Å²) in [7, 11) is 1.64. The summed E-state index contributed by atoms with van der Waals surface area (Å²) >= 11 is 0. The van der Waals surface area contributed by atoms with E-state index in [1.54, 1.807) is 19.2 Å². The van der Waals surface area contributed by atoms with Crippen molar-refractivity contribution in [2.75, 3.05) is 49.7 Å². The van der Waals surface area contributed by atoms with Gasteiger partial charge in [-0.3, -0.25) is 14.9 Å². The highest BCUT2D eigenvalue weighted by molar-refractivity contribution is 5.82. The Hall–Kier alpha value is -3.13. The fourth-order valence-electron chi connectivity index (χ4n) is 4.66.